The average molecular weight is 297 g/mol. The van der Waals surface area contributed by atoms with E-state index in [0.717, 1.165) is 10.8 Å². The first-order valence-corrected chi connectivity index (χ1v) is 7.12. The Balaban J connectivity index is 1.69. The van der Waals surface area contributed by atoms with Crippen LogP contribution in [0, 0.1) is 0 Å². The molecule has 5 heteroatoms. The number of benzene rings is 2. The molecular formula is C17H15NO4. The molecule has 1 unspecified atom stereocenters. The van der Waals surface area contributed by atoms with Crippen LogP contribution in [0.3, 0.4) is 0 Å². The van der Waals surface area contributed by atoms with Gasteiger partial charge in [-0.05, 0) is 17.2 Å². The molecule has 1 fully saturated rings. The number of hydrogen-bond donors (Lipinski definition) is 1. The number of Topliss-reactive ketones (excluding diaryl/α,β-unsaturated/α-hetero) is 1. The van der Waals surface area contributed by atoms with Crippen LogP contribution < -0.4 is 5.32 Å². The third-order valence-electron chi connectivity index (χ3n) is 3.72. The molecule has 1 heterocycles. The molecule has 1 saturated heterocycles. The van der Waals surface area contributed by atoms with Gasteiger partial charge in [0.1, 0.15) is 6.04 Å². The Kier molecular flexibility index (Phi) is 3.87. The number of amides is 1. The Morgan fingerprint density at radius 3 is 2.68 bits per heavy atom. The van der Waals surface area contributed by atoms with E-state index in [1.54, 1.807) is 12.1 Å². The summed E-state index contributed by atoms with van der Waals surface area (Å²) in [5.41, 5.74) is 0.529. The topological polar surface area (TPSA) is 72.5 Å². The summed E-state index contributed by atoms with van der Waals surface area (Å²) in [6.45, 7) is -0.320. The molecular weight excluding hydrogens is 282 g/mol. The molecule has 3 rings (SSSR count). The maximum Gasteiger partial charge on any atom is 0.329 e. The van der Waals surface area contributed by atoms with Crippen LogP contribution in [0.15, 0.2) is 42.5 Å². The Bertz CT molecular complexity index is 748. The first kappa shape index (κ1) is 14.3. The lowest BCUT2D eigenvalue weighted by Crippen LogP contribution is -2.35. The highest BCUT2D eigenvalue weighted by Gasteiger charge is 2.28. The monoisotopic (exact) mass is 297 g/mol. The Hall–Kier alpha value is -2.69. The first-order chi connectivity index (χ1) is 10.6. The minimum Gasteiger partial charge on any atom is -0.456 e. The molecule has 0 aromatic heterocycles. The molecule has 0 saturated carbocycles. The zero-order valence-corrected chi connectivity index (χ0v) is 11.9. The van der Waals surface area contributed by atoms with Crippen molar-refractivity contribution in [3.05, 3.63) is 48.0 Å². The highest BCUT2D eigenvalue weighted by atomic mass is 16.5. The van der Waals surface area contributed by atoms with Gasteiger partial charge in [-0.1, -0.05) is 42.5 Å². The maximum atomic E-state index is 12.3. The maximum absolute atomic E-state index is 12.3. The van der Waals surface area contributed by atoms with Gasteiger partial charge in [-0.3, -0.25) is 9.59 Å². The van der Waals surface area contributed by atoms with Crippen molar-refractivity contribution in [1.82, 2.24) is 5.32 Å². The molecule has 1 aliphatic rings. The molecule has 1 N–H and O–H groups in total. The Morgan fingerprint density at radius 2 is 1.91 bits per heavy atom. The van der Waals surface area contributed by atoms with Gasteiger partial charge < -0.3 is 10.1 Å². The number of rotatable bonds is 4. The molecule has 5 nitrogen and oxygen atoms in total. The van der Waals surface area contributed by atoms with Crippen molar-refractivity contribution in [2.75, 3.05) is 6.61 Å². The quantitative estimate of drug-likeness (QED) is 0.690. The van der Waals surface area contributed by atoms with Crippen LogP contribution in [0.5, 0.6) is 0 Å². The molecule has 2 aromatic rings. The van der Waals surface area contributed by atoms with E-state index in [4.69, 9.17) is 4.74 Å². The summed E-state index contributed by atoms with van der Waals surface area (Å²) in [7, 11) is 0. The van der Waals surface area contributed by atoms with Gasteiger partial charge in [-0.15, -0.1) is 0 Å². The van der Waals surface area contributed by atoms with E-state index >= 15 is 0 Å². The minimum atomic E-state index is -0.632. The van der Waals surface area contributed by atoms with Crippen molar-refractivity contribution in [2.24, 2.45) is 0 Å². The summed E-state index contributed by atoms with van der Waals surface area (Å²) in [6, 6.07) is 12.4. The van der Waals surface area contributed by atoms with E-state index < -0.39 is 12.0 Å². The smallest absolute Gasteiger partial charge is 0.329 e. The number of esters is 1. The lowest BCUT2D eigenvalue weighted by Gasteiger charge is -2.10. The normalized spacial score (nSPS) is 17.3. The van der Waals surface area contributed by atoms with Crippen LogP contribution in [0.2, 0.25) is 0 Å². The molecule has 1 amide bonds. The molecule has 1 atom stereocenters. The van der Waals surface area contributed by atoms with Crippen LogP contribution in [0.25, 0.3) is 10.8 Å². The van der Waals surface area contributed by atoms with Gasteiger partial charge in [-0.2, -0.15) is 0 Å². The SMILES string of the molecule is O=C1CCC(C(=O)OCC(=O)c2cccc3ccccc23)N1. The van der Waals surface area contributed by atoms with Crippen LogP contribution in [0.1, 0.15) is 23.2 Å². The molecule has 0 aliphatic carbocycles. The summed E-state index contributed by atoms with van der Waals surface area (Å²) in [4.78, 5) is 35.2. The molecule has 2 aromatic carbocycles. The highest BCUT2D eigenvalue weighted by molar-refractivity contribution is 6.09. The number of carbonyl (C=O) groups is 3. The van der Waals surface area contributed by atoms with Crippen molar-refractivity contribution in [1.29, 1.82) is 0 Å². The standard InChI is InChI=1S/C17H15NO4/c19-15(10-22-17(21)14-8-9-16(20)18-14)13-7-3-5-11-4-1-2-6-12(11)13/h1-7,14H,8-10H2,(H,18,20). The number of ether oxygens (including phenoxy) is 1. The van der Waals surface area contributed by atoms with Crippen molar-refractivity contribution in [3.8, 4) is 0 Å². The molecule has 22 heavy (non-hydrogen) atoms. The van der Waals surface area contributed by atoms with Crippen molar-refractivity contribution >= 4 is 28.4 Å². The van der Waals surface area contributed by atoms with Gasteiger partial charge in [0.25, 0.3) is 0 Å². The second kappa shape index (κ2) is 5.97. The summed E-state index contributed by atoms with van der Waals surface area (Å²) >= 11 is 0. The lowest BCUT2D eigenvalue weighted by atomic mass is 10.0. The van der Waals surface area contributed by atoms with Crippen LogP contribution in [0.4, 0.5) is 0 Å². The van der Waals surface area contributed by atoms with E-state index in [1.165, 1.54) is 0 Å². The van der Waals surface area contributed by atoms with E-state index in [9.17, 15) is 14.4 Å². The van der Waals surface area contributed by atoms with Gasteiger partial charge in [0.15, 0.2) is 6.61 Å². The van der Waals surface area contributed by atoms with Crippen LogP contribution >= 0.6 is 0 Å². The zero-order valence-electron chi connectivity index (χ0n) is 11.9. The summed E-state index contributed by atoms with van der Waals surface area (Å²) in [6.07, 6.45) is 0.733. The number of nitrogens with one attached hydrogen (secondary N) is 1. The number of fused-ring (bicyclic) bond motifs is 1. The van der Waals surface area contributed by atoms with Crippen molar-refractivity contribution < 1.29 is 19.1 Å². The van der Waals surface area contributed by atoms with Crippen molar-refractivity contribution in [2.45, 2.75) is 18.9 Å². The fraction of sp³-hybridized carbons (Fsp3) is 0.235. The third-order valence-corrected chi connectivity index (χ3v) is 3.72. The van der Waals surface area contributed by atoms with Gasteiger partial charge in [0.05, 0.1) is 0 Å². The predicted octanol–water partition coefficient (Wildman–Crippen LogP) is 1.84. The zero-order chi connectivity index (χ0) is 15.5. The van der Waals surface area contributed by atoms with E-state index in [-0.39, 0.29) is 18.3 Å². The molecule has 0 bridgehead atoms. The van der Waals surface area contributed by atoms with Gasteiger partial charge in [-0.25, -0.2) is 4.79 Å². The second-order valence-electron chi connectivity index (χ2n) is 5.22. The van der Waals surface area contributed by atoms with Gasteiger partial charge in [0.2, 0.25) is 11.7 Å². The Morgan fingerprint density at radius 1 is 1.14 bits per heavy atom. The van der Waals surface area contributed by atoms with Gasteiger partial charge in [0, 0.05) is 12.0 Å². The Labute approximate surface area is 127 Å². The average Bonchev–Trinajstić information content (AvgIpc) is 2.98. The van der Waals surface area contributed by atoms with Crippen LogP contribution in [-0.2, 0) is 14.3 Å². The molecule has 0 spiro atoms. The fourth-order valence-corrected chi connectivity index (χ4v) is 2.57. The van der Waals surface area contributed by atoms with Gasteiger partial charge >= 0.3 is 5.97 Å². The number of carbonyl (C=O) groups excluding carboxylic acids is 3. The largest absolute Gasteiger partial charge is 0.456 e. The first-order valence-electron chi connectivity index (χ1n) is 7.12. The second-order valence-corrected chi connectivity index (χ2v) is 5.22. The number of ketones is 1. The predicted molar refractivity (Wildman–Crippen MR) is 80.4 cm³/mol. The highest BCUT2D eigenvalue weighted by Crippen LogP contribution is 2.19. The molecule has 0 radical (unpaired) electrons. The third kappa shape index (κ3) is 2.83. The summed E-state index contributed by atoms with van der Waals surface area (Å²) < 4.78 is 5.04. The number of hydrogen-bond acceptors (Lipinski definition) is 4. The fourth-order valence-electron chi connectivity index (χ4n) is 2.57. The molecule has 112 valence electrons. The van der Waals surface area contributed by atoms with Crippen molar-refractivity contribution in [3.63, 3.8) is 0 Å². The van der Waals surface area contributed by atoms with E-state index in [2.05, 4.69) is 5.32 Å². The lowest BCUT2D eigenvalue weighted by molar-refractivity contribution is -0.145. The summed E-state index contributed by atoms with van der Waals surface area (Å²) in [5, 5.41) is 4.32. The van der Waals surface area contributed by atoms with E-state index in [1.807, 2.05) is 30.3 Å². The molecule has 1 aliphatic heterocycles. The van der Waals surface area contributed by atoms with Crippen LogP contribution in [-0.4, -0.2) is 30.3 Å². The van der Waals surface area contributed by atoms with E-state index in [0.29, 0.717) is 18.4 Å². The minimum absolute atomic E-state index is 0.165. The summed E-state index contributed by atoms with van der Waals surface area (Å²) in [5.74, 6) is -0.976.